The van der Waals surface area contributed by atoms with Crippen LogP contribution in [0, 0.1) is 5.92 Å². The zero-order valence-electron chi connectivity index (χ0n) is 39.8. The van der Waals surface area contributed by atoms with Crippen LogP contribution < -0.4 is 32.7 Å². The molecule has 0 radical (unpaired) electrons. The van der Waals surface area contributed by atoms with E-state index in [2.05, 4.69) is 21.3 Å². The molecule has 24 nitrogen and oxygen atoms in total. The Hall–Kier alpha value is -6.12. The molecule has 5 atom stereocenters. The first-order chi connectivity index (χ1) is 31.4. The Morgan fingerprint density at radius 2 is 1.04 bits per heavy atom. The fourth-order valence-electron chi connectivity index (χ4n) is 7.45. The van der Waals surface area contributed by atoms with E-state index in [0.29, 0.717) is 38.5 Å². The zero-order valence-corrected chi connectivity index (χ0v) is 39.8. The number of amides is 10. The maximum absolute atomic E-state index is 13.6. The van der Waals surface area contributed by atoms with Gasteiger partial charge in [-0.15, -0.1) is 0 Å². The standard InChI is InChI=1S/C39H66N12O10.C2HF3O2/c1-23(2)32-35(58)42-17-24(40)36(59)50-15-11-9-13-26(50)33(56)44-20-29(53)47(6)22-31(55)49(8)39(3,4)38(61)45-18-25(41)37(60)51-16-12-10-14-27(51)34(57)43-19-28(52)46(5)21-30(54)48(32)7;3-2(4,5)1(6)7/h23-27,32H,9-22,40-41H2,1-8H3,(H,42,58)(H,43,57)(H,44,56)(H,45,61);(H,6,7)/t24-,25-,26+,27+,32+;/m1./s1. The molecule has 0 aliphatic carbocycles. The highest BCUT2D eigenvalue weighted by Gasteiger charge is 2.41. The van der Waals surface area contributed by atoms with Crippen LogP contribution in [0.1, 0.15) is 66.2 Å². The van der Waals surface area contributed by atoms with Crippen LogP contribution in [0.2, 0.25) is 0 Å². The third kappa shape index (κ3) is 16.0. The van der Waals surface area contributed by atoms with Gasteiger partial charge >= 0.3 is 12.1 Å². The molecule has 0 spiro atoms. The summed E-state index contributed by atoms with van der Waals surface area (Å²) in [5.41, 5.74) is 11.0. The Labute approximate surface area is 392 Å². The summed E-state index contributed by atoms with van der Waals surface area (Å²) in [5.74, 6) is -9.23. The summed E-state index contributed by atoms with van der Waals surface area (Å²) in [4.78, 5) is 150. The smallest absolute Gasteiger partial charge is 0.475 e. The van der Waals surface area contributed by atoms with Crippen molar-refractivity contribution in [2.45, 2.75) is 108 Å². The van der Waals surface area contributed by atoms with Gasteiger partial charge in [-0.1, -0.05) is 13.8 Å². The molecule has 3 aliphatic heterocycles. The maximum Gasteiger partial charge on any atom is 0.490 e. The summed E-state index contributed by atoms with van der Waals surface area (Å²) in [6.07, 6.45) is -2.06. The van der Waals surface area contributed by atoms with E-state index in [0.717, 1.165) is 14.7 Å². The van der Waals surface area contributed by atoms with Crippen LogP contribution in [0.5, 0.6) is 0 Å². The van der Waals surface area contributed by atoms with Crippen molar-refractivity contribution in [3.63, 3.8) is 0 Å². The highest BCUT2D eigenvalue weighted by Crippen LogP contribution is 2.21. The third-order valence-corrected chi connectivity index (χ3v) is 11.9. The lowest BCUT2D eigenvalue weighted by molar-refractivity contribution is -0.192. The first-order valence-electron chi connectivity index (χ1n) is 22.0. The molecule has 27 heteroatoms. The van der Waals surface area contributed by atoms with E-state index < -0.39 is 139 Å². The highest BCUT2D eigenvalue weighted by atomic mass is 19.4. The number of carbonyl (C=O) groups excluding carboxylic acids is 10. The average molecular weight is 977 g/mol. The van der Waals surface area contributed by atoms with Crippen LogP contribution in [0.4, 0.5) is 13.2 Å². The van der Waals surface area contributed by atoms with Gasteiger partial charge in [0.25, 0.3) is 0 Å². The normalized spacial score (nSPS) is 26.0. The van der Waals surface area contributed by atoms with Crippen LogP contribution in [0.15, 0.2) is 0 Å². The predicted octanol–water partition coefficient (Wildman–Crippen LogP) is -3.85. The lowest BCUT2D eigenvalue weighted by Gasteiger charge is -2.37. The second-order valence-corrected chi connectivity index (χ2v) is 17.7. The van der Waals surface area contributed by atoms with E-state index in [9.17, 15) is 61.1 Å². The fraction of sp³-hybridized carbons (Fsp3) is 0.732. The van der Waals surface area contributed by atoms with Gasteiger partial charge in [0.1, 0.15) is 35.7 Å². The number of carboxylic acids is 1. The average Bonchev–Trinajstić information content (AvgIpc) is 3.28. The molecule has 9 N–H and O–H groups in total. The maximum atomic E-state index is 13.6. The molecule has 384 valence electrons. The number of hydrogen-bond acceptors (Lipinski definition) is 13. The van der Waals surface area contributed by atoms with Crippen molar-refractivity contribution >= 4 is 65.0 Å². The van der Waals surface area contributed by atoms with Gasteiger partial charge in [-0.05, 0) is 58.3 Å². The molecular formula is C41H67F3N12O12. The molecule has 3 fully saturated rings. The summed E-state index contributed by atoms with van der Waals surface area (Å²) >= 11 is 0. The van der Waals surface area contributed by atoms with Gasteiger partial charge in [-0.25, -0.2) is 4.79 Å². The molecule has 0 unspecified atom stereocenters. The molecule has 0 aromatic rings. The minimum Gasteiger partial charge on any atom is -0.475 e. The van der Waals surface area contributed by atoms with Gasteiger partial charge < -0.3 is 67.2 Å². The number of likely N-dealkylation sites (N-methyl/N-ethyl adjacent to an activating group) is 4. The summed E-state index contributed by atoms with van der Waals surface area (Å²) in [5, 5.41) is 17.5. The van der Waals surface area contributed by atoms with Crippen molar-refractivity contribution < 1.29 is 71.0 Å². The van der Waals surface area contributed by atoms with Gasteiger partial charge in [-0.2, -0.15) is 13.2 Å². The van der Waals surface area contributed by atoms with Crippen molar-refractivity contribution in [3.8, 4) is 0 Å². The zero-order chi connectivity index (χ0) is 52.0. The number of carbonyl (C=O) groups is 11. The van der Waals surface area contributed by atoms with Crippen molar-refractivity contribution in [2.24, 2.45) is 17.4 Å². The molecule has 0 saturated carbocycles. The Morgan fingerprint density at radius 3 is 1.44 bits per heavy atom. The number of nitrogens with one attached hydrogen (secondary N) is 4. The van der Waals surface area contributed by atoms with E-state index in [1.807, 2.05) is 0 Å². The Balaban J connectivity index is 0.00000209. The number of rotatable bonds is 1. The number of nitrogens with zero attached hydrogens (tertiary/aromatic N) is 6. The van der Waals surface area contributed by atoms with Gasteiger partial charge in [-0.3, -0.25) is 47.9 Å². The highest BCUT2D eigenvalue weighted by molar-refractivity contribution is 5.96. The van der Waals surface area contributed by atoms with E-state index in [1.165, 1.54) is 56.7 Å². The fourth-order valence-corrected chi connectivity index (χ4v) is 7.45. The molecule has 3 rings (SSSR count). The molecule has 0 bridgehead atoms. The summed E-state index contributed by atoms with van der Waals surface area (Å²) in [6.45, 7) is 4.29. The lowest BCUT2D eigenvalue weighted by atomic mass is 9.99. The summed E-state index contributed by atoms with van der Waals surface area (Å²) < 4.78 is 31.7. The largest absolute Gasteiger partial charge is 0.490 e. The van der Waals surface area contributed by atoms with E-state index in [1.54, 1.807) is 13.8 Å². The Morgan fingerprint density at radius 1 is 0.647 bits per heavy atom. The van der Waals surface area contributed by atoms with Crippen molar-refractivity contribution in [1.82, 2.24) is 50.7 Å². The van der Waals surface area contributed by atoms with Crippen LogP contribution >= 0.6 is 0 Å². The topological polar surface area (TPSA) is 328 Å². The molecule has 0 aromatic heterocycles. The van der Waals surface area contributed by atoms with Crippen LogP contribution in [-0.4, -0.2) is 222 Å². The monoisotopic (exact) mass is 976 g/mol. The minimum absolute atomic E-state index is 0.206. The second-order valence-electron chi connectivity index (χ2n) is 17.7. The lowest BCUT2D eigenvalue weighted by Crippen LogP contribution is -2.61. The van der Waals surface area contributed by atoms with Gasteiger partial charge in [0.15, 0.2) is 0 Å². The molecule has 10 amide bonds. The summed E-state index contributed by atoms with van der Waals surface area (Å²) in [7, 11) is 5.51. The first kappa shape index (κ1) is 58.0. The molecular weight excluding hydrogens is 910 g/mol. The SMILES string of the molecule is CC(C)[C@H]1C(=O)NC[C@@H](N)C(=O)N2CCCC[C@H]2C(=O)NCC(=O)N(C)CC(=O)N(C)C(C)(C)C(=O)NC[C@@H](N)C(=O)N2CCCC[C@H]2C(=O)NCC(=O)N(C)CC(=O)N1C.O=C(O)C(F)(F)F. The van der Waals surface area contributed by atoms with Crippen LogP contribution in [-0.2, 0) is 52.7 Å². The minimum atomic E-state index is -5.08. The van der Waals surface area contributed by atoms with Gasteiger partial charge in [0.2, 0.25) is 59.1 Å². The number of halogens is 3. The van der Waals surface area contributed by atoms with Crippen molar-refractivity contribution in [1.29, 1.82) is 0 Å². The first-order valence-corrected chi connectivity index (χ1v) is 22.0. The number of aliphatic carboxylic acids is 1. The quantitative estimate of drug-likeness (QED) is 0.132. The predicted molar refractivity (Wildman–Crippen MR) is 234 cm³/mol. The number of hydrogen-bond donors (Lipinski definition) is 7. The van der Waals surface area contributed by atoms with E-state index in [4.69, 9.17) is 21.4 Å². The van der Waals surface area contributed by atoms with Crippen LogP contribution in [0.25, 0.3) is 0 Å². The van der Waals surface area contributed by atoms with Crippen molar-refractivity contribution in [2.75, 3.05) is 80.5 Å². The Kier molecular flexibility index (Phi) is 21.6. The molecule has 68 heavy (non-hydrogen) atoms. The number of piperidine rings is 2. The Bertz CT molecular complexity index is 1900. The number of carboxylic acid groups (broad SMARTS) is 1. The van der Waals surface area contributed by atoms with E-state index >= 15 is 0 Å². The number of alkyl halides is 3. The third-order valence-electron chi connectivity index (χ3n) is 11.9. The second kappa shape index (κ2) is 25.3. The number of nitrogens with two attached hydrogens (primary N) is 2. The van der Waals surface area contributed by atoms with Gasteiger partial charge in [0, 0.05) is 54.4 Å². The van der Waals surface area contributed by atoms with Crippen molar-refractivity contribution in [3.05, 3.63) is 0 Å². The van der Waals surface area contributed by atoms with E-state index in [-0.39, 0.29) is 26.2 Å². The molecule has 3 aliphatic rings. The van der Waals surface area contributed by atoms with Crippen LogP contribution in [0.3, 0.4) is 0 Å². The molecule has 3 saturated heterocycles. The summed E-state index contributed by atoms with van der Waals surface area (Å²) in [6, 6.07) is -5.44. The van der Waals surface area contributed by atoms with Gasteiger partial charge in [0.05, 0.1) is 26.2 Å². The molecule has 0 aromatic carbocycles. The molecule has 3 heterocycles. The number of fused-ring (bicyclic) bond motifs is 2.